The summed E-state index contributed by atoms with van der Waals surface area (Å²) in [6, 6.07) is 4.96. The summed E-state index contributed by atoms with van der Waals surface area (Å²) in [5.74, 6) is 0. The Morgan fingerprint density at radius 2 is 2.22 bits per heavy atom. The van der Waals surface area contributed by atoms with Crippen LogP contribution in [0.1, 0.15) is 11.3 Å². The fourth-order valence-electron chi connectivity index (χ4n) is 1.49. The highest BCUT2D eigenvalue weighted by Crippen LogP contribution is 2.24. The minimum Gasteiger partial charge on any atom is -0.258 e. The van der Waals surface area contributed by atoms with E-state index in [1.54, 1.807) is 23.0 Å². The summed E-state index contributed by atoms with van der Waals surface area (Å²) in [4.78, 5) is 10.6. The third-order valence-electron chi connectivity index (χ3n) is 2.30. The van der Waals surface area contributed by atoms with E-state index in [-0.39, 0.29) is 5.69 Å². The first-order chi connectivity index (χ1) is 8.60. The molecule has 0 fully saturated rings. The molecule has 0 aliphatic rings. The highest BCUT2D eigenvalue weighted by Gasteiger charge is 2.15. The van der Waals surface area contributed by atoms with Gasteiger partial charge < -0.3 is 0 Å². The number of hydrogen-bond acceptors (Lipinski definition) is 4. The van der Waals surface area contributed by atoms with Gasteiger partial charge in [0, 0.05) is 22.1 Å². The number of halogens is 2. The van der Waals surface area contributed by atoms with Crippen molar-refractivity contribution in [3.8, 4) is 0 Å². The molecule has 2 aromatic rings. The van der Waals surface area contributed by atoms with Gasteiger partial charge >= 0.3 is 0 Å². The highest BCUT2D eigenvalue weighted by molar-refractivity contribution is 9.10. The molecule has 94 valence electrons. The largest absolute Gasteiger partial charge is 0.275 e. The van der Waals surface area contributed by atoms with Crippen molar-refractivity contribution in [1.82, 2.24) is 15.0 Å². The lowest BCUT2D eigenvalue weighted by atomic mass is 10.2. The van der Waals surface area contributed by atoms with Crippen LogP contribution in [0.15, 0.2) is 28.9 Å². The molecule has 18 heavy (non-hydrogen) atoms. The molecule has 0 saturated carbocycles. The quantitative estimate of drug-likeness (QED) is 0.467. The molecule has 0 spiro atoms. The molecule has 0 amide bonds. The van der Waals surface area contributed by atoms with Crippen LogP contribution in [0, 0.1) is 10.1 Å². The summed E-state index contributed by atoms with van der Waals surface area (Å²) in [6.07, 6.45) is 1.75. The van der Waals surface area contributed by atoms with E-state index < -0.39 is 4.92 Å². The summed E-state index contributed by atoms with van der Waals surface area (Å²) < 4.78 is 2.25. The van der Waals surface area contributed by atoms with Crippen LogP contribution < -0.4 is 0 Å². The van der Waals surface area contributed by atoms with E-state index in [0.717, 1.165) is 5.69 Å². The van der Waals surface area contributed by atoms with E-state index in [2.05, 4.69) is 42.2 Å². The fourth-order valence-corrected chi connectivity index (χ4v) is 2.10. The molecule has 0 atom stereocenters. The Morgan fingerprint density at radius 3 is 2.83 bits per heavy atom. The molecule has 1 aromatic heterocycles. The second-order valence-electron chi connectivity index (χ2n) is 3.57. The minimum absolute atomic E-state index is 0.0697. The summed E-state index contributed by atoms with van der Waals surface area (Å²) >= 11 is 6.49. The number of benzene rings is 1. The molecular weight excluding hydrogens is 368 g/mol. The average molecular weight is 376 g/mol. The molecule has 0 aliphatic heterocycles. The lowest BCUT2D eigenvalue weighted by Crippen LogP contribution is -2.04. The number of hydrogen-bond donors (Lipinski definition) is 0. The Hall–Kier alpha value is -1.28. The van der Waals surface area contributed by atoms with Gasteiger partial charge in [-0.2, -0.15) is 0 Å². The van der Waals surface area contributed by atoms with Crippen molar-refractivity contribution >= 4 is 37.5 Å². The maximum absolute atomic E-state index is 11.0. The summed E-state index contributed by atoms with van der Waals surface area (Å²) in [5.41, 5.74) is 1.45. The van der Waals surface area contributed by atoms with E-state index in [1.165, 1.54) is 6.07 Å². The molecular formula is C10H8Br2N4O2. The molecule has 0 bridgehead atoms. The van der Waals surface area contributed by atoms with Gasteiger partial charge in [-0.25, -0.2) is 4.68 Å². The lowest BCUT2D eigenvalue weighted by molar-refractivity contribution is -0.385. The maximum Gasteiger partial charge on any atom is 0.275 e. The van der Waals surface area contributed by atoms with Crippen LogP contribution in [0.25, 0.3) is 0 Å². The zero-order chi connectivity index (χ0) is 13.1. The van der Waals surface area contributed by atoms with Crippen LogP contribution in [0.4, 0.5) is 5.69 Å². The smallest absolute Gasteiger partial charge is 0.258 e. The number of nitro groups is 1. The first-order valence-electron chi connectivity index (χ1n) is 4.98. The van der Waals surface area contributed by atoms with Crippen molar-refractivity contribution in [2.45, 2.75) is 11.9 Å². The number of alkyl halides is 1. The number of nitrogens with zero attached hydrogens (tertiary/aromatic N) is 4. The van der Waals surface area contributed by atoms with Gasteiger partial charge in [0.25, 0.3) is 5.69 Å². The fraction of sp³-hybridized carbons (Fsp3) is 0.200. The van der Waals surface area contributed by atoms with Gasteiger partial charge in [0.1, 0.15) is 0 Å². The Balaban J connectivity index is 2.30. The predicted octanol–water partition coefficient (Wildman–Crippen LogP) is 2.89. The third-order valence-corrected chi connectivity index (χ3v) is 3.37. The van der Waals surface area contributed by atoms with Crippen LogP contribution in [-0.4, -0.2) is 19.9 Å². The maximum atomic E-state index is 11.0. The van der Waals surface area contributed by atoms with E-state index in [0.29, 0.717) is 21.9 Å². The Kier molecular flexibility index (Phi) is 4.07. The molecule has 2 rings (SSSR count). The molecule has 1 heterocycles. The van der Waals surface area contributed by atoms with E-state index in [1.807, 2.05) is 0 Å². The van der Waals surface area contributed by atoms with Crippen molar-refractivity contribution in [3.05, 3.63) is 50.2 Å². The van der Waals surface area contributed by atoms with Crippen molar-refractivity contribution in [1.29, 1.82) is 0 Å². The Bertz CT molecular complexity index is 585. The zero-order valence-electron chi connectivity index (χ0n) is 9.08. The van der Waals surface area contributed by atoms with Gasteiger partial charge in [-0.1, -0.05) is 37.1 Å². The van der Waals surface area contributed by atoms with Crippen LogP contribution in [0.2, 0.25) is 0 Å². The number of rotatable bonds is 4. The molecule has 1 aromatic carbocycles. The second kappa shape index (κ2) is 5.57. The monoisotopic (exact) mass is 374 g/mol. The van der Waals surface area contributed by atoms with Crippen LogP contribution in [0.5, 0.6) is 0 Å². The molecule has 0 N–H and O–H groups in total. The summed E-state index contributed by atoms with van der Waals surface area (Å²) in [6.45, 7) is 0.323. The van der Waals surface area contributed by atoms with E-state index >= 15 is 0 Å². The molecule has 0 saturated heterocycles. The predicted molar refractivity (Wildman–Crippen MR) is 72.6 cm³/mol. The van der Waals surface area contributed by atoms with Gasteiger partial charge in [0.15, 0.2) is 0 Å². The molecule has 6 nitrogen and oxygen atoms in total. The first-order valence-corrected chi connectivity index (χ1v) is 6.89. The van der Waals surface area contributed by atoms with E-state index in [9.17, 15) is 10.1 Å². The van der Waals surface area contributed by atoms with E-state index in [4.69, 9.17) is 0 Å². The van der Waals surface area contributed by atoms with Crippen molar-refractivity contribution < 1.29 is 4.92 Å². The van der Waals surface area contributed by atoms with Crippen LogP contribution in [0.3, 0.4) is 0 Å². The van der Waals surface area contributed by atoms with Crippen molar-refractivity contribution in [2.75, 3.05) is 0 Å². The number of nitro benzene ring substituents is 1. The first kappa shape index (κ1) is 13.2. The molecule has 0 unspecified atom stereocenters. The normalized spacial score (nSPS) is 10.6. The topological polar surface area (TPSA) is 73.8 Å². The van der Waals surface area contributed by atoms with Crippen LogP contribution in [-0.2, 0) is 11.9 Å². The highest BCUT2D eigenvalue weighted by atomic mass is 79.9. The van der Waals surface area contributed by atoms with Gasteiger partial charge in [0.05, 0.1) is 22.7 Å². The van der Waals surface area contributed by atoms with Gasteiger partial charge in [-0.3, -0.25) is 10.1 Å². The standard InChI is InChI=1S/C10H8Br2N4O2/c11-4-9-6-15(14-13-9)5-7-1-2-8(12)3-10(7)16(17)18/h1-3,6H,4-5H2. The Morgan fingerprint density at radius 1 is 1.44 bits per heavy atom. The summed E-state index contributed by atoms with van der Waals surface area (Å²) in [5, 5.41) is 19.4. The van der Waals surface area contributed by atoms with Gasteiger partial charge in [0.2, 0.25) is 0 Å². The second-order valence-corrected chi connectivity index (χ2v) is 5.05. The SMILES string of the molecule is O=[N+]([O-])c1cc(Br)ccc1Cn1cc(CBr)nn1. The zero-order valence-corrected chi connectivity index (χ0v) is 12.3. The molecule has 0 aliphatic carbocycles. The van der Waals surface area contributed by atoms with Gasteiger partial charge in [-0.05, 0) is 12.1 Å². The lowest BCUT2D eigenvalue weighted by Gasteiger charge is -2.03. The van der Waals surface area contributed by atoms with Crippen LogP contribution >= 0.6 is 31.9 Å². The Labute approximate surface area is 119 Å². The van der Waals surface area contributed by atoms with Crippen molar-refractivity contribution in [3.63, 3.8) is 0 Å². The van der Waals surface area contributed by atoms with Gasteiger partial charge in [-0.15, -0.1) is 5.10 Å². The minimum atomic E-state index is -0.400. The average Bonchev–Trinajstić information content (AvgIpc) is 2.79. The van der Waals surface area contributed by atoms with Crippen molar-refractivity contribution in [2.24, 2.45) is 0 Å². The molecule has 0 radical (unpaired) electrons. The number of aromatic nitrogens is 3. The summed E-state index contributed by atoms with van der Waals surface area (Å²) in [7, 11) is 0. The third kappa shape index (κ3) is 2.94. The molecule has 8 heteroatoms.